The maximum Gasteiger partial charge on any atom is 0.122 e. The second-order valence-corrected chi connectivity index (χ2v) is 4.38. The molecular weight excluding hydrogens is 168 g/mol. The van der Waals surface area contributed by atoms with E-state index in [9.17, 15) is 0 Å². The zero-order valence-electron chi connectivity index (χ0n) is 6.12. The summed E-state index contributed by atoms with van der Waals surface area (Å²) >= 11 is 3.25. The number of aliphatic hydroxyl groups excluding tert-OH is 2. The Balaban J connectivity index is 2.89. The van der Waals surface area contributed by atoms with Crippen LogP contribution in [0.1, 0.15) is 6.92 Å². The van der Waals surface area contributed by atoms with E-state index in [1.54, 1.807) is 0 Å². The third-order valence-corrected chi connectivity index (χ3v) is 3.03. The van der Waals surface area contributed by atoms with E-state index in [1.165, 1.54) is 11.8 Å². The van der Waals surface area contributed by atoms with Crippen LogP contribution < -0.4 is 0 Å². The van der Waals surface area contributed by atoms with Crippen molar-refractivity contribution in [3.8, 4) is 0 Å². The molecule has 0 radical (unpaired) electrons. The fourth-order valence-electron chi connectivity index (χ4n) is 0.440. The average Bonchev–Trinajstić information content (AvgIpc) is 1.98. The summed E-state index contributed by atoms with van der Waals surface area (Å²) in [4.78, 5) is 0. The highest BCUT2D eigenvalue weighted by molar-refractivity contribution is 8.03. The summed E-state index contributed by atoms with van der Waals surface area (Å²) in [7, 11) is 0. The van der Waals surface area contributed by atoms with Crippen LogP contribution in [0.5, 0.6) is 0 Å². The summed E-state index contributed by atoms with van der Waals surface area (Å²) in [6.45, 7) is 1.97. The van der Waals surface area contributed by atoms with Gasteiger partial charge in [-0.2, -0.15) is 11.8 Å². The molecule has 2 N–H and O–H groups in total. The molecule has 0 aliphatic rings. The van der Waals surface area contributed by atoms with E-state index in [4.69, 9.17) is 10.2 Å². The number of hydrogen-bond acceptors (Lipinski definition) is 4. The predicted molar refractivity (Wildman–Crippen MR) is 48.5 cm³/mol. The molecule has 0 fully saturated rings. The second kappa shape index (κ2) is 7.72. The van der Waals surface area contributed by atoms with E-state index in [0.717, 1.165) is 17.3 Å². The zero-order chi connectivity index (χ0) is 7.82. The van der Waals surface area contributed by atoms with Gasteiger partial charge < -0.3 is 10.2 Å². The maximum absolute atomic E-state index is 8.86. The predicted octanol–water partition coefficient (Wildman–Crippen LogP) is 0.783. The van der Waals surface area contributed by atoms with Crippen LogP contribution in [0.4, 0.5) is 0 Å². The molecule has 0 spiro atoms. The standard InChI is InChI=1S/C6H14O2S2/c1-2-9-3-4-10-6(8)5-7/h6-8H,2-5H2,1H3. The molecule has 0 rings (SSSR count). The van der Waals surface area contributed by atoms with Crippen LogP contribution in [-0.2, 0) is 0 Å². The van der Waals surface area contributed by atoms with E-state index < -0.39 is 5.44 Å². The fourth-order valence-corrected chi connectivity index (χ4v) is 1.96. The molecule has 10 heavy (non-hydrogen) atoms. The Bertz CT molecular complexity index is 70.8. The summed E-state index contributed by atoms with van der Waals surface area (Å²) in [6, 6.07) is 0. The van der Waals surface area contributed by atoms with Crippen molar-refractivity contribution < 1.29 is 10.2 Å². The van der Waals surface area contributed by atoms with E-state index in [2.05, 4.69) is 6.92 Å². The summed E-state index contributed by atoms with van der Waals surface area (Å²) in [5.41, 5.74) is -0.586. The fraction of sp³-hybridized carbons (Fsp3) is 1.00. The van der Waals surface area contributed by atoms with Gasteiger partial charge in [-0.15, -0.1) is 11.8 Å². The summed E-state index contributed by atoms with van der Waals surface area (Å²) in [5.74, 6) is 3.09. The third kappa shape index (κ3) is 6.74. The van der Waals surface area contributed by atoms with Gasteiger partial charge in [0, 0.05) is 11.5 Å². The van der Waals surface area contributed by atoms with E-state index in [1.807, 2.05) is 11.8 Å². The van der Waals surface area contributed by atoms with E-state index in [-0.39, 0.29) is 6.61 Å². The van der Waals surface area contributed by atoms with Crippen LogP contribution in [0.2, 0.25) is 0 Å². The zero-order valence-corrected chi connectivity index (χ0v) is 7.75. The van der Waals surface area contributed by atoms with Gasteiger partial charge in [-0.1, -0.05) is 6.92 Å². The Morgan fingerprint density at radius 1 is 1.40 bits per heavy atom. The molecule has 0 saturated carbocycles. The van der Waals surface area contributed by atoms with Crippen LogP contribution in [0.25, 0.3) is 0 Å². The first-order valence-electron chi connectivity index (χ1n) is 3.29. The van der Waals surface area contributed by atoms with Crippen LogP contribution in [0.15, 0.2) is 0 Å². The van der Waals surface area contributed by atoms with Crippen molar-refractivity contribution in [3.63, 3.8) is 0 Å². The lowest BCUT2D eigenvalue weighted by molar-refractivity contribution is 0.160. The van der Waals surface area contributed by atoms with Crippen molar-refractivity contribution in [1.29, 1.82) is 0 Å². The Kier molecular flexibility index (Phi) is 8.20. The molecule has 0 saturated heterocycles. The number of thioether (sulfide) groups is 2. The van der Waals surface area contributed by atoms with Crippen LogP contribution in [-0.4, -0.2) is 39.5 Å². The molecule has 1 unspecified atom stereocenters. The Labute approximate surface area is 70.4 Å². The minimum absolute atomic E-state index is 0.137. The summed E-state index contributed by atoms with van der Waals surface area (Å²) in [6.07, 6.45) is 0. The Morgan fingerprint density at radius 2 is 2.10 bits per heavy atom. The molecule has 0 aliphatic carbocycles. The highest BCUT2D eigenvalue weighted by Gasteiger charge is 1.99. The second-order valence-electron chi connectivity index (χ2n) is 1.70. The molecule has 4 heteroatoms. The topological polar surface area (TPSA) is 40.5 Å². The van der Waals surface area contributed by atoms with Crippen LogP contribution in [0.3, 0.4) is 0 Å². The Morgan fingerprint density at radius 3 is 2.60 bits per heavy atom. The Hall–Kier alpha value is 0.620. The summed E-state index contributed by atoms with van der Waals surface area (Å²) in [5, 5.41) is 17.3. The first-order valence-corrected chi connectivity index (χ1v) is 5.49. The third-order valence-electron chi connectivity index (χ3n) is 0.898. The van der Waals surface area contributed by atoms with Gasteiger partial charge in [0.25, 0.3) is 0 Å². The van der Waals surface area contributed by atoms with Crippen molar-refractivity contribution in [2.24, 2.45) is 0 Å². The molecule has 0 heterocycles. The lowest BCUT2D eigenvalue weighted by Gasteiger charge is -2.04. The van der Waals surface area contributed by atoms with Gasteiger partial charge in [0.05, 0.1) is 6.61 Å². The van der Waals surface area contributed by atoms with Gasteiger partial charge >= 0.3 is 0 Å². The number of rotatable bonds is 6. The van der Waals surface area contributed by atoms with Gasteiger partial charge in [-0.05, 0) is 5.75 Å². The number of aliphatic hydroxyl groups is 2. The lowest BCUT2D eigenvalue weighted by Crippen LogP contribution is -2.07. The molecule has 62 valence electrons. The molecule has 0 aromatic heterocycles. The highest BCUT2D eigenvalue weighted by atomic mass is 32.2. The minimum atomic E-state index is -0.586. The largest absolute Gasteiger partial charge is 0.393 e. The average molecular weight is 182 g/mol. The number of hydrogen-bond donors (Lipinski definition) is 2. The normalized spacial score (nSPS) is 13.5. The van der Waals surface area contributed by atoms with E-state index >= 15 is 0 Å². The first kappa shape index (κ1) is 10.6. The van der Waals surface area contributed by atoms with Gasteiger partial charge in [0.1, 0.15) is 5.44 Å². The molecule has 0 aromatic carbocycles. The van der Waals surface area contributed by atoms with Crippen LogP contribution in [0, 0.1) is 0 Å². The van der Waals surface area contributed by atoms with Crippen LogP contribution >= 0.6 is 23.5 Å². The van der Waals surface area contributed by atoms with Crippen molar-refractivity contribution in [3.05, 3.63) is 0 Å². The van der Waals surface area contributed by atoms with Crippen molar-refractivity contribution in [1.82, 2.24) is 0 Å². The molecule has 0 amide bonds. The van der Waals surface area contributed by atoms with Crippen molar-refractivity contribution in [2.45, 2.75) is 12.4 Å². The van der Waals surface area contributed by atoms with Gasteiger partial charge in [0.2, 0.25) is 0 Å². The van der Waals surface area contributed by atoms with Crippen molar-refractivity contribution >= 4 is 23.5 Å². The molecule has 0 aliphatic heterocycles. The molecular formula is C6H14O2S2. The van der Waals surface area contributed by atoms with Gasteiger partial charge in [-0.25, -0.2) is 0 Å². The van der Waals surface area contributed by atoms with Crippen molar-refractivity contribution in [2.75, 3.05) is 23.9 Å². The first-order chi connectivity index (χ1) is 4.81. The molecule has 1 atom stereocenters. The molecule has 0 aromatic rings. The SMILES string of the molecule is CCSCCSC(O)CO. The summed E-state index contributed by atoms with van der Waals surface area (Å²) < 4.78 is 0. The van der Waals surface area contributed by atoms with Gasteiger partial charge in [0.15, 0.2) is 0 Å². The smallest absolute Gasteiger partial charge is 0.122 e. The minimum Gasteiger partial charge on any atom is -0.393 e. The lowest BCUT2D eigenvalue weighted by atomic mass is 10.8. The van der Waals surface area contributed by atoms with E-state index in [0.29, 0.717) is 0 Å². The molecule has 2 nitrogen and oxygen atoms in total. The van der Waals surface area contributed by atoms with Gasteiger partial charge in [-0.3, -0.25) is 0 Å². The maximum atomic E-state index is 8.86. The quantitative estimate of drug-likeness (QED) is 0.470. The molecule has 0 bridgehead atoms. The highest BCUT2D eigenvalue weighted by Crippen LogP contribution is 2.10. The monoisotopic (exact) mass is 182 g/mol.